The van der Waals surface area contributed by atoms with Gasteiger partial charge in [-0.3, -0.25) is 0 Å². The fourth-order valence-corrected chi connectivity index (χ4v) is 2.25. The minimum absolute atomic E-state index is 0.689. The second kappa shape index (κ2) is 6.39. The molecule has 0 spiro atoms. The molecule has 0 amide bonds. The van der Waals surface area contributed by atoms with E-state index in [9.17, 15) is 0 Å². The molecule has 1 aliphatic rings. The zero-order valence-electron chi connectivity index (χ0n) is 10.8. The van der Waals surface area contributed by atoms with Crippen molar-refractivity contribution in [2.24, 2.45) is 0 Å². The molecular weight excluding hydrogens is 290 g/mol. The summed E-state index contributed by atoms with van der Waals surface area (Å²) in [4.78, 5) is 0. The molecule has 0 aromatic heterocycles. The standard InChI is InChI=1S/C15H20BrNO/c1-11(2)8-9-18-15-12(4-3-5-14(15)16)10-17-13-6-7-13/h3-5,13,17H,1,6-10H2,2H3. The Kier molecular flexibility index (Phi) is 4.84. The third-order valence-corrected chi connectivity index (χ3v) is 3.61. The Labute approximate surface area is 118 Å². The molecule has 0 atom stereocenters. The van der Waals surface area contributed by atoms with E-state index in [0.29, 0.717) is 12.6 Å². The van der Waals surface area contributed by atoms with Crippen LogP contribution in [0.25, 0.3) is 0 Å². The average Bonchev–Trinajstić information content (AvgIpc) is 3.12. The molecule has 2 nitrogen and oxygen atoms in total. The monoisotopic (exact) mass is 309 g/mol. The molecule has 98 valence electrons. The van der Waals surface area contributed by atoms with Gasteiger partial charge in [-0.1, -0.05) is 17.7 Å². The van der Waals surface area contributed by atoms with Crippen LogP contribution in [0.1, 0.15) is 31.7 Å². The van der Waals surface area contributed by atoms with Crippen LogP contribution < -0.4 is 10.1 Å². The van der Waals surface area contributed by atoms with Gasteiger partial charge in [-0.15, -0.1) is 6.58 Å². The third kappa shape index (κ3) is 4.14. The van der Waals surface area contributed by atoms with Crippen molar-refractivity contribution in [2.45, 2.75) is 38.8 Å². The molecule has 3 heteroatoms. The van der Waals surface area contributed by atoms with E-state index in [2.05, 4.69) is 40.0 Å². The SMILES string of the molecule is C=C(C)CCOc1c(Br)cccc1CNC1CC1. The highest BCUT2D eigenvalue weighted by molar-refractivity contribution is 9.10. The summed E-state index contributed by atoms with van der Waals surface area (Å²) in [7, 11) is 0. The van der Waals surface area contributed by atoms with Crippen LogP contribution in [0.2, 0.25) is 0 Å². The summed E-state index contributed by atoms with van der Waals surface area (Å²) in [5.74, 6) is 0.965. The van der Waals surface area contributed by atoms with E-state index in [1.165, 1.54) is 18.4 Å². The summed E-state index contributed by atoms with van der Waals surface area (Å²) >= 11 is 3.56. The summed E-state index contributed by atoms with van der Waals surface area (Å²) < 4.78 is 6.91. The van der Waals surface area contributed by atoms with Gasteiger partial charge < -0.3 is 10.1 Å². The molecule has 1 N–H and O–H groups in total. The molecule has 0 saturated heterocycles. The molecule has 1 saturated carbocycles. The number of rotatable bonds is 7. The van der Waals surface area contributed by atoms with Crippen molar-refractivity contribution in [2.75, 3.05) is 6.61 Å². The molecule has 0 bridgehead atoms. The molecule has 2 rings (SSSR count). The number of hydrogen-bond acceptors (Lipinski definition) is 2. The molecule has 1 aromatic carbocycles. The Hall–Kier alpha value is -0.800. The molecule has 1 fully saturated rings. The highest BCUT2D eigenvalue weighted by atomic mass is 79.9. The summed E-state index contributed by atoms with van der Waals surface area (Å²) in [5.41, 5.74) is 2.37. The van der Waals surface area contributed by atoms with Crippen molar-refractivity contribution in [3.8, 4) is 5.75 Å². The topological polar surface area (TPSA) is 21.3 Å². The minimum Gasteiger partial charge on any atom is -0.492 e. The van der Waals surface area contributed by atoms with E-state index >= 15 is 0 Å². The Balaban J connectivity index is 1.97. The average molecular weight is 310 g/mol. The van der Waals surface area contributed by atoms with Crippen molar-refractivity contribution in [3.63, 3.8) is 0 Å². The van der Waals surface area contributed by atoms with E-state index in [4.69, 9.17) is 4.74 Å². The molecule has 1 aliphatic carbocycles. The van der Waals surface area contributed by atoms with E-state index in [1.54, 1.807) is 0 Å². The molecule has 1 aromatic rings. The Morgan fingerprint density at radius 1 is 1.50 bits per heavy atom. The predicted octanol–water partition coefficient (Wildman–Crippen LogP) is 4.05. The zero-order chi connectivity index (χ0) is 13.0. The van der Waals surface area contributed by atoms with Crippen LogP contribution in [0.3, 0.4) is 0 Å². The lowest BCUT2D eigenvalue weighted by Gasteiger charge is -2.14. The van der Waals surface area contributed by atoms with Crippen molar-refractivity contribution >= 4 is 15.9 Å². The number of para-hydroxylation sites is 1. The van der Waals surface area contributed by atoms with Crippen LogP contribution in [0, 0.1) is 0 Å². The van der Waals surface area contributed by atoms with Gasteiger partial charge >= 0.3 is 0 Å². The highest BCUT2D eigenvalue weighted by Crippen LogP contribution is 2.30. The number of ether oxygens (including phenoxy) is 1. The van der Waals surface area contributed by atoms with E-state index < -0.39 is 0 Å². The molecule has 18 heavy (non-hydrogen) atoms. The van der Waals surface area contributed by atoms with E-state index in [0.717, 1.165) is 28.8 Å². The lowest BCUT2D eigenvalue weighted by atomic mass is 10.2. The fraction of sp³-hybridized carbons (Fsp3) is 0.467. The molecular formula is C15H20BrNO. The molecule has 0 radical (unpaired) electrons. The maximum absolute atomic E-state index is 5.88. The van der Waals surface area contributed by atoms with Crippen LogP contribution in [-0.4, -0.2) is 12.6 Å². The summed E-state index contributed by atoms with van der Waals surface area (Å²) in [5, 5.41) is 3.52. The first kappa shape index (κ1) is 13.6. The third-order valence-electron chi connectivity index (χ3n) is 2.98. The minimum atomic E-state index is 0.689. The van der Waals surface area contributed by atoms with Crippen molar-refractivity contribution in [3.05, 3.63) is 40.4 Å². The number of halogens is 1. The predicted molar refractivity (Wildman–Crippen MR) is 78.9 cm³/mol. The van der Waals surface area contributed by atoms with Crippen molar-refractivity contribution in [1.82, 2.24) is 5.32 Å². The normalized spacial score (nSPS) is 14.6. The molecule has 0 aliphatic heterocycles. The smallest absolute Gasteiger partial charge is 0.137 e. The van der Waals surface area contributed by atoms with Crippen LogP contribution in [-0.2, 0) is 6.54 Å². The van der Waals surface area contributed by atoms with Gasteiger partial charge in [0.1, 0.15) is 5.75 Å². The number of benzene rings is 1. The van der Waals surface area contributed by atoms with E-state index in [-0.39, 0.29) is 0 Å². The Bertz CT molecular complexity index is 427. The zero-order valence-corrected chi connectivity index (χ0v) is 12.4. The summed E-state index contributed by atoms with van der Waals surface area (Å²) in [6.45, 7) is 7.49. The highest BCUT2D eigenvalue weighted by Gasteiger charge is 2.20. The van der Waals surface area contributed by atoms with Crippen LogP contribution in [0.5, 0.6) is 5.75 Å². The quantitative estimate of drug-likeness (QED) is 0.767. The Morgan fingerprint density at radius 2 is 2.28 bits per heavy atom. The lowest BCUT2D eigenvalue weighted by Crippen LogP contribution is -2.16. The first-order valence-electron chi connectivity index (χ1n) is 6.45. The van der Waals surface area contributed by atoms with Gasteiger partial charge in [0.05, 0.1) is 11.1 Å². The second-order valence-corrected chi connectivity index (χ2v) is 5.79. The van der Waals surface area contributed by atoms with Gasteiger partial charge in [-0.25, -0.2) is 0 Å². The van der Waals surface area contributed by atoms with E-state index in [1.807, 2.05) is 13.0 Å². The van der Waals surface area contributed by atoms with Gasteiger partial charge in [0.25, 0.3) is 0 Å². The first-order valence-corrected chi connectivity index (χ1v) is 7.24. The van der Waals surface area contributed by atoms with Gasteiger partial charge in [0.15, 0.2) is 0 Å². The second-order valence-electron chi connectivity index (χ2n) is 4.94. The van der Waals surface area contributed by atoms with Crippen LogP contribution in [0.15, 0.2) is 34.8 Å². The number of hydrogen-bond donors (Lipinski definition) is 1. The largest absolute Gasteiger partial charge is 0.492 e. The molecule has 0 heterocycles. The first-order chi connectivity index (χ1) is 8.66. The summed E-state index contributed by atoms with van der Waals surface area (Å²) in [6, 6.07) is 6.92. The Morgan fingerprint density at radius 3 is 2.94 bits per heavy atom. The van der Waals surface area contributed by atoms with Gasteiger partial charge in [0, 0.05) is 24.6 Å². The molecule has 0 unspecified atom stereocenters. The van der Waals surface area contributed by atoms with Crippen LogP contribution in [0.4, 0.5) is 0 Å². The maximum atomic E-state index is 5.88. The van der Waals surface area contributed by atoms with Crippen molar-refractivity contribution in [1.29, 1.82) is 0 Å². The van der Waals surface area contributed by atoms with Crippen LogP contribution >= 0.6 is 15.9 Å². The number of nitrogens with one attached hydrogen (secondary N) is 1. The van der Waals surface area contributed by atoms with Gasteiger partial charge in [-0.05, 0) is 41.8 Å². The lowest BCUT2D eigenvalue weighted by molar-refractivity contribution is 0.315. The maximum Gasteiger partial charge on any atom is 0.137 e. The van der Waals surface area contributed by atoms with Gasteiger partial charge in [-0.2, -0.15) is 0 Å². The fourth-order valence-electron chi connectivity index (χ4n) is 1.72. The van der Waals surface area contributed by atoms with Gasteiger partial charge in [0.2, 0.25) is 0 Å². The summed E-state index contributed by atoms with van der Waals surface area (Å²) in [6.07, 6.45) is 3.51. The van der Waals surface area contributed by atoms with Crippen molar-refractivity contribution < 1.29 is 4.74 Å².